The Labute approximate surface area is 74.1 Å². The molecule has 0 bridgehead atoms. The van der Waals surface area contributed by atoms with Gasteiger partial charge in [-0.3, -0.25) is 4.79 Å². The van der Waals surface area contributed by atoms with E-state index in [1.807, 2.05) is 0 Å². The largest absolute Gasteiger partial charge is 0.385 e. The number of nitrogens with two attached hydrogens (primary N) is 1. The van der Waals surface area contributed by atoms with Crippen molar-refractivity contribution in [3.05, 3.63) is 0 Å². The number of halogens is 2. The molecule has 1 atom stereocenters. The van der Waals surface area contributed by atoms with E-state index in [0.717, 1.165) is 0 Å². The molecule has 1 fully saturated rings. The number of nitrogens with one attached hydrogen (secondary N) is 1. The molecule has 0 heterocycles. The fourth-order valence-corrected chi connectivity index (χ4v) is 0.824. The average molecular weight is 194 g/mol. The van der Waals surface area contributed by atoms with Crippen LogP contribution in [0.15, 0.2) is 0 Å². The summed E-state index contributed by atoms with van der Waals surface area (Å²) in [5, 5.41) is 10.8. The van der Waals surface area contributed by atoms with Crippen LogP contribution in [0.5, 0.6) is 0 Å². The highest BCUT2D eigenvalue weighted by Gasteiger charge is 2.45. The van der Waals surface area contributed by atoms with E-state index in [9.17, 15) is 13.6 Å². The molecule has 0 saturated heterocycles. The van der Waals surface area contributed by atoms with E-state index in [-0.39, 0.29) is 0 Å². The normalized spacial score (nSPS) is 21.3. The summed E-state index contributed by atoms with van der Waals surface area (Å²) in [7, 11) is 0. The van der Waals surface area contributed by atoms with E-state index in [2.05, 4.69) is 5.32 Å². The van der Waals surface area contributed by atoms with Gasteiger partial charge < -0.3 is 16.2 Å². The number of aliphatic hydroxyl groups is 1. The van der Waals surface area contributed by atoms with Gasteiger partial charge in [-0.1, -0.05) is 0 Å². The molecule has 4 N–H and O–H groups in total. The number of amides is 1. The van der Waals surface area contributed by atoms with Crippen molar-refractivity contribution in [1.82, 2.24) is 5.32 Å². The third kappa shape index (κ3) is 2.60. The fraction of sp³-hybridized carbons (Fsp3) is 0.857. The molecule has 1 saturated carbocycles. The van der Waals surface area contributed by atoms with Gasteiger partial charge in [0.25, 0.3) is 6.43 Å². The minimum atomic E-state index is -2.84. The first kappa shape index (κ1) is 10.3. The number of aliphatic hydroxyl groups excluding tert-OH is 1. The summed E-state index contributed by atoms with van der Waals surface area (Å²) in [5.74, 6) is -0.466. The lowest BCUT2D eigenvalue weighted by atomic mass is 10.2. The van der Waals surface area contributed by atoms with Crippen LogP contribution in [-0.4, -0.2) is 35.6 Å². The highest BCUT2D eigenvalue weighted by atomic mass is 19.3. The van der Waals surface area contributed by atoms with E-state index in [0.29, 0.717) is 12.8 Å². The second kappa shape index (κ2) is 3.55. The van der Waals surface area contributed by atoms with E-state index in [4.69, 9.17) is 10.8 Å². The number of carbonyl (C=O) groups is 1. The van der Waals surface area contributed by atoms with Crippen molar-refractivity contribution < 1.29 is 18.7 Å². The summed E-state index contributed by atoms with van der Waals surface area (Å²) in [4.78, 5) is 11.1. The molecular formula is C7H12F2N2O2. The predicted octanol–water partition coefficient (Wildman–Crippen LogP) is -0.780. The third-order valence-electron chi connectivity index (χ3n) is 2.00. The number of rotatable bonds is 4. The van der Waals surface area contributed by atoms with Gasteiger partial charge in [0.2, 0.25) is 5.91 Å². The molecule has 0 aromatic heterocycles. The highest BCUT2D eigenvalue weighted by Crippen LogP contribution is 2.31. The summed E-state index contributed by atoms with van der Waals surface area (Å²) >= 11 is 0. The molecule has 0 spiro atoms. The minimum Gasteiger partial charge on any atom is -0.385 e. The van der Waals surface area contributed by atoms with Crippen LogP contribution in [0.2, 0.25) is 0 Å². The molecule has 0 aromatic rings. The van der Waals surface area contributed by atoms with E-state index in [1.165, 1.54) is 0 Å². The molecule has 0 aromatic carbocycles. The maximum atomic E-state index is 11.8. The van der Waals surface area contributed by atoms with Crippen molar-refractivity contribution >= 4 is 5.91 Å². The van der Waals surface area contributed by atoms with Gasteiger partial charge in [-0.15, -0.1) is 0 Å². The van der Waals surface area contributed by atoms with Gasteiger partial charge in [-0.25, -0.2) is 8.78 Å². The first-order valence-corrected chi connectivity index (χ1v) is 3.99. The van der Waals surface area contributed by atoms with Crippen molar-refractivity contribution in [3.63, 3.8) is 0 Å². The monoisotopic (exact) mass is 194 g/mol. The highest BCUT2D eigenvalue weighted by molar-refractivity contribution is 5.88. The Kier molecular flexibility index (Phi) is 2.82. The maximum absolute atomic E-state index is 11.8. The van der Waals surface area contributed by atoms with Crippen LogP contribution in [0.1, 0.15) is 12.8 Å². The molecule has 1 rings (SSSR count). The molecule has 1 aliphatic rings. The summed E-state index contributed by atoms with van der Waals surface area (Å²) in [5.41, 5.74) is 4.60. The molecule has 4 nitrogen and oxygen atoms in total. The lowest BCUT2D eigenvalue weighted by Crippen LogP contribution is -2.46. The van der Waals surface area contributed by atoms with Crippen molar-refractivity contribution in [3.8, 4) is 0 Å². The van der Waals surface area contributed by atoms with Crippen molar-refractivity contribution in [1.29, 1.82) is 0 Å². The number of hydrogen-bond acceptors (Lipinski definition) is 3. The SMILES string of the molecule is NC1(C(=O)NCC(O)C(F)F)CC1. The summed E-state index contributed by atoms with van der Waals surface area (Å²) in [6.45, 7) is -0.449. The molecular weight excluding hydrogens is 182 g/mol. The van der Waals surface area contributed by atoms with Gasteiger partial charge in [0.1, 0.15) is 6.10 Å². The first-order valence-electron chi connectivity index (χ1n) is 3.99. The summed E-state index contributed by atoms with van der Waals surface area (Å²) in [6.07, 6.45) is -3.51. The zero-order valence-electron chi connectivity index (χ0n) is 6.96. The molecule has 0 radical (unpaired) electrons. The van der Waals surface area contributed by atoms with Gasteiger partial charge in [0.15, 0.2) is 0 Å². The fourth-order valence-electron chi connectivity index (χ4n) is 0.824. The van der Waals surface area contributed by atoms with Crippen LogP contribution in [-0.2, 0) is 4.79 Å². The van der Waals surface area contributed by atoms with Crippen LogP contribution < -0.4 is 11.1 Å². The topological polar surface area (TPSA) is 75.4 Å². The molecule has 76 valence electrons. The van der Waals surface area contributed by atoms with Gasteiger partial charge in [0, 0.05) is 6.54 Å². The van der Waals surface area contributed by atoms with Crippen LogP contribution >= 0.6 is 0 Å². The number of alkyl halides is 2. The van der Waals surface area contributed by atoms with Crippen molar-refractivity contribution in [2.45, 2.75) is 30.9 Å². The zero-order chi connectivity index (χ0) is 10.1. The summed E-state index contributed by atoms with van der Waals surface area (Å²) < 4.78 is 23.5. The van der Waals surface area contributed by atoms with Crippen molar-refractivity contribution in [2.24, 2.45) is 5.73 Å². The zero-order valence-corrected chi connectivity index (χ0v) is 6.96. The second-order valence-corrected chi connectivity index (χ2v) is 3.27. The Morgan fingerprint density at radius 3 is 2.54 bits per heavy atom. The van der Waals surface area contributed by atoms with Gasteiger partial charge in [0.05, 0.1) is 5.54 Å². The Morgan fingerprint density at radius 2 is 2.15 bits per heavy atom. The van der Waals surface area contributed by atoms with Gasteiger partial charge in [-0.05, 0) is 12.8 Å². The number of hydrogen-bond donors (Lipinski definition) is 3. The van der Waals surface area contributed by atoms with E-state index in [1.54, 1.807) is 0 Å². The quantitative estimate of drug-likeness (QED) is 0.549. The molecule has 1 unspecified atom stereocenters. The van der Waals surface area contributed by atoms with Crippen LogP contribution in [0.25, 0.3) is 0 Å². The molecule has 1 aliphatic carbocycles. The smallest absolute Gasteiger partial charge is 0.265 e. The number of carbonyl (C=O) groups excluding carboxylic acids is 1. The first-order chi connectivity index (χ1) is 5.96. The van der Waals surface area contributed by atoms with Crippen LogP contribution in [0, 0.1) is 0 Å². The maximum Gasteiger partial charge on any atom is 0.265 e. The molecule has 1 amide bonds. The Hall–Kier alpha value is -0.750. The average Bonchev–Trinajstić information content (AvgIpc) is 2.79. The van der Waals surface area contributed by atoms with Crippen LogP contribution in [0.4, 0.5) is 8.78 Å². The Morgan fingerprint density at radius 1 is 1.62 bits per heavy atom. The summed E-state index contributed by atoms with van der Waals surface area (Å²) in [6, 6.07) is 0. The molecule has 0 aliphatic heterocycles. The van der Waals surface area contributed by atoms with Gasteiger partial charge in [-0.2, -0.15) is 0 Å². The van der Waals surface area contributed by atoms with Crippen LogP contribution in [0.3, 0.4) is 0 Å². The lowest BCUT2D eigenvalue weighted by molar-refractivity contribution is -0.124. The van der Waals surface area contributed by atoms with Gasteiger partial charge >= 0.3 is 0 Å². The second-order valence-electron chi connectivity index (χ2n) is 3.27. The molecule has 6 heteroatoms. The van der Waals surface area contributed by atoms with E-state index < -0.39 is 30.5 Å². The third-order valence-corrected chi connectivity index (χ3v) is 2.00. The molecule has 13 heavy (non-hydrogen) atoms. The van der Waals surface area contributed by atoms with Crippen molar-refractivity contribution in [2.75, 3.05) is 6.54 Å². The standard InChI is InChI=1S/C7H12F2N2O2/c8-5(9)4(12)3-11-6(13)7(10)1-2-7/h4-5,12H,1-3,10H2,(H,11,13). The Bertz CT molecular complexity index is 207. The predicted molar refractivity (Wildman–Crippen MR) is 41.2 cm³/mol. The lowest BCUT2D eigenvalue weighted by Gasteiger charge is -2.13. The van der Waals surface area contributed by atoms with E-state index >= 15 is 0 Å². The Balaban J connectivity index is 2.22. The minimum absolute atomic E-state index is 0.449.